The molecule has 134 valence electrons. The van der Waals surface area contributed by atoms with Gasteiger partial charge < -0.3 is 9.47 Å². The van der Waals surface area contributed by atoms with Crippen molar-refractivity contribution in [1.82, 2.24) is 19.7 Å². The summed E-state index contributed by atoms with van der Waals surface area (Å²) in [6, 6.07) is 7.62. The molecule has 1 aliphatic rings. The fraction of sp³-hybridized carbons (Fsp3) is 0.500. The first-order valence-corrected chi connectivity index (χ1v) is 10.0. The molecule has 7 heteroatoms. The highest BCUT2D eigenvalue weighted by atomic mass is 35.5. The third kappa shape index (κ3) is 4.55. The van der Waals surface area contributed by atoms with Gasteiger partial charge in [-0.15, -0.1) is 10.2 Å². The Morgan fingerprint density at radius 1 is 1.20 bits per heavy atom. The quantitative estimate of drug-likeness (QED) is 0.713. The van der Waals surface area contributed by atoms with Crippen molar-refractivity contribution in [3.05, 3.63) is 29.3 Å². The van der Waals surface area contributed by atoms with E-state index in [4.69, 9.17) is 11.6 Å². The van der Waals surface area contributed by atoms with Gasteiger partial charge >= 0.3 is 0 Å². The summed E-state index contributed by atoms with van der Waals surface area (Å²) in [5, 5.41) is 10.2. The van der Waals surface area contributed by atoms with Crippen molar-refractivity contribution in [3.63, 3.8) is 0 Å². The second-order valence-corrected chi connectivity index (χ2v) is 8.07. The Labute approximate surface area is 157 Å². The zero-order chi connectivity index (χ0) is 17.8. The molecule has 0 N–H and O–H groups in total. The zero-order valence-corrected chi connectivity index (χ0v) is 16.2. The lowest BCUT2D eigenvalue weighted by Crippen LogP contribution is -2.29. The summed E-state index contributed by atoms with van der Waals surface area (Å²) in [4.78, 5) is 14.2. The standard InChI is InChI=1S/C18H23ClN4OS/c1-13(2)11-23-17(14-5-7-15(19)8-6-14)20-21-18(23)25-12-16(24)22-9-3-4-10-22/h5-8,13H,3-4,9-12H2,1-2H3. The van der Waals surface area contributed by atoms with Gasteiger partial charge in [-0.05, 0) is 43.0 Å². The molecular weight excluding hydrogens is 356 g/mol. The van der Waals surface area contributed by atoms with Crippen LogP contribution >= 0.6 is 23.4 Å². The molecule has 0 unspecified atom stereocenters. The number of carbonyl (C=O) groups excluding carboxylic acids is 1. The summed E-state index contributed by atoms with van der Waals surface area (Å²) in [6.45, 7) is 6.90. The SMILES string of the molecule is CC(C)Cn1c(SCC(=O)N2CCCC2)nnc1-c1ccc(Cl)cc1. The predicted octanol–water partition coefficient (Wildman–Crippen LogP) is 3.97. The van der Waals surface area contributed by atoms with Crippen LogP contribution in [0.15, 0.2) is 29.4 Å². The maximum atomic E-state index is 12.3. The first-order chi connectivity index (χ1) is 12.0. The molecule has 1 amide bonds. The van der Waals surface area contributed by atoms with Crippen LogP contribution in [-0.4, -0.2) is 44.4 Å². The molecule has 0 spiro atoms. The van der Waals surface area contributed by atoms with E-state index in [9.17, 15) is 4.79 Å². The summed E-state index contributed by atoms with van der Waals surface area (Å²) in [6.07, 6.45) is 2.22. The zero-order valence-electron chi connectivity index (χ0n) is 14.6. The first-order valence-electron chi connectivity index (χ1n) is 8.64. The van der Waals surface area contributed by atoms with Crippen molar-refractivity contribution >= 4 is 29.3 Å². The monoisotopic (exact) mass is 378 g/mol. The van der Waals surface area contributed by atoms with Gasteiger partial charge in [0.1, 0.15) is 0 Å². The van der Waals surface area contributed by atoms with Gasteiger partial charge in [0.25, 0.3) is 0 Å². The number of nitrogens with zero attached hydrogens (tertiary/aromatic N) is 4. The summed E-state index contributed by atoms with van der Waals surface area (Å²) < 4.78 is 2.11. The lowest BCUT2D eigenvalue weighted by molar-refractivity contribution is -0.127. The Balaban J connectivity index is 1.78. The maximum absolute atomic E-state index is 12.3. The molecule has 3 rings (SSSR count). The van der Waals surface area contributed by atoms with Gasteiger partial charge in [0.05, 0.1) is 5.75 Å². The first kappa shape index (κ1) is 18.3. The summed E-state index contributed by atoms with van der Waals surface area (Å²) >= 11 is 7.46. The molecule has 0 atom stereocenters. The highest BCUT2D eigenvalue weighted by Crippen LogP contribution is 2.26. The Morgan fingerprint density at radius 2 is 1.88 bits per heavy atom. The molecule has 0 bridgehead atoms. The van der Waals surface area contributed by atoms with Gasteiger partial charge in [-0.3, -0.25) is 4.79 Å². The molecule has 0 aliphatic carbocycles. The van der Waals surface area contributed by atoms with E-state index in [1.807, 2.05) is 29.2 Å². The van der Waals surface area contributed by atoms with Crippen LogP contribution in [0.25, 0.3) is 11.4 Å². The minimum Gasteiger partial charge on any atom is -0.342 e. The van der Waals surface area contributed by atoms with Crippen molar-refractivity contribution in [2.24, 2.45) is 5.92 Å². The molecular formula is C18H23ClN4OS. The van der Waals surface area contributed by atoms with E-state index in [1.165, 1.54) is 11.8 Å². The van der Waals surface area contributed by atoms with Crippen LogP contribution in [0.2, 0.25) is 5.02 Å². The Hall–Kier alpha value is -1.53. The number of aromatic nitrogens is 3. The van der Waals surface area contributed by atoms with Crippen molar-refractivity contribution in [3.8, 4) is 11.4 Å². The second kappa shape index (κ2) is 8.23. The fourth-order valence-corrected chi connectivity index (χ4v) is 3.90. The van der Waals surface area contributed by atoms with Crippen LogP contribution in [0.3, 0.4) is 0 Å². The fourth-order valence-electron chi connectivity index (χ4n) is 2.92. The smallest absolute Gasteiger partial charge is 0.233 e. The maximum Gasteiger partial charge on any atom is 0.233 e. The number of halogens is 1. The number of thioether (sulfide) groups is 1. The topological polar surface area (TPSA) is 51.0 Å². The number of amides is 1. The number of likely N-dealkylation sites (tertiary alicyclic amines) is 1. The highest BCUT2D eigenvalue weighted by Gasteiger charge is 2.20. The molecule has 1 aromatic heterocycles. The Kier molecular flexibility index (Phi) is 6.02. The number of benzene rings is 1. The van der Waals surface area contributed by atoms with E-state index >= 15 is 0 Å². The largest absolute Gasteiger partial charge is 0.342 e. The third-order valence-corrected chi connectivity index (χ3v) is 5.35. The van der Waals surface area contributed by atoms with Gasteiger partial charge in [0.15, 0.2) is 11.0 Å². The molecule has 5 nitrogen and oxygen atoms in total. The molecule has 2 aromatic rings. The van der Waals surface area contributed by atoms with Crippen molar-refractivity contribution in [2.75, 3.05) is 18.8 Å². The van der Waals surface area contributed by atoms with Gasteiger partial charge in [-0.25, -0.2) is 0 Å². The molecule has 2 heterocycles. The summed E-state index contributed by atoms with van der Waals surface area (Å²) in [5.41, 5.74) is 0.982. The molecule has 1 aromatic carbocycles. The summed E-state index contributed by atoms with van der Waals surface area (Å²) in [7, 11) is 0. The minimum atomic E-state index is 0.189. The number of rotatable bonds is 6. The van der Waals surface area contributed by atoms with E-state index in [0.717, 1.165) is 49.0 Å². The average Bonchev–Trinajstić information content (AvgIpc) is 3.23. The number of hydrogen-bond acceptors (Lipinski definition) is 4. The number of hydrogen-bond donors (Lipinski definition) is 0. The Morgan fingerprint density at radius 3 is 2.52 bits per heavy atom. The summed E-state index contributed by atoms with van der Waals surface area (Å²) in [5.74, 6) is 1.88. The molecule has 0 radical (unpaired) electrons. The van der Waals surface area contributed by atoms with E-state index in [2.05, 4.69) is 28.6 Å². The van der Waals surface area contributed by atoms with E-state index in [-0.39, 0.29) is 5.91 Å². The molecule has 1 fully saturated rings. The van der Waals surface area contributed by atoms with Crippen molar-refractivity contribution in [2.45, 2.75) is 38.4 Å². The van der Waals surface area contributed by atoms with Crippen LogP contribution < -0.4 is 0 Å². The van der Waals surface area contributed by atoms with Crippen LogP contribution in [0, 0.1) is 5.92 Å². The van der Waals surface area contributed by atoms with Gasteiger partial charge in [0, 0.05) is 30.2 Å². The lowest BCUT2D eigenvalue weighted by atomic mass is 10.2. The average molecular weight is 379 g/mol. The van der Waals surface area contributed by atoms with Crippen LogP contribution in [0.4, 0.5) is 0 Å². The number of carbonyl (C=O) groups is 1. The van der Waals surface area contributed by atoms with Crippen molar-refractivity contribution in [1.29, 1.82) is 0 Å². The van der Waals surface area contributed by atoms with Gasteiger partial charge in [-0.1, -0.05) is 37.2 Å². The van der Waals surface area contributed by atoms with Crippen LogP contribution in [-0.2, 0) is 11.3 Å². The Bertz CT molecular complexity index is 723. The van der Waals surface area contributed by atoms with Crippen molar-refractivity contribution < 1.29 is 4.79 Å². The minimum absolute atomic E-state index is 0.189. The van der Waals surface area contributed by atoms with Crippen LogP contribution in [0.5, 0.6) is 0 Å². The van der Waals surface area contributed by atoms with E-state index in [1.54, 1.807) is 0 Å². The van der Waals surface area contributed by atoms with Gasteiger partial charge in [0.2, 0.25) is 5.91 Å². The molecule has 0 saturated carbocycles. The van der Waals surface area contributed by atoms with Gasteiger partial charge in [-0.2, -0.15) is 0 Å². The van der Waals surface area contributed by atoms with Crippen LogP contribution in [0.1, 0.15) is 26.7 Å². The lowest BCUT2D eigenvalue weighted by Gasteiger charge is -2.15. The highest BCUT2D eigenvalue weighted by molar-refractivity contribution is 7.99. The van der Waals surface area contributed by atoms with E-state index in [0.29, 0.717) is 16.7 Å². The third-order valence-electron chi connectivity index (χ3n) is 4.15. The molecule has 1 saturated heterocycles. The predicted molar refractivity (Wildman–Crippen MR) is 102 cm³/mol. The molecule has 25 heavy (non-hydrogen) atoms. The normalized spacial score (nSPS) is 14.5. The second-order valence-electron chi connectivity index (χ2n) is 6.69. The molecule has 1 aliphatic heterocycles. The van der Waals surface area contributed by atoms with E-state index < -0.39 is 0 Å².